The summed E-state index contributed by atoms with van der Waals surface area (Å²) >= 11 is 0. The molecular formula is C13H18FNO. The monoisotopic (exact) mass is 223 g/mol. The standard InChI is InChI=1S/C13H18FNO/c1-3-5-15(6-4-2)13-8-11(10-16)7-12(14)9-13/h7-10H,3-6H2,1-2H3. The van der Waals surface area contributed by atoms with Gasteiger partial charge in [-0.15, -0.1) is 0 Å². The molecule has 1 aromatic carbocycles. The van der Waals surface area contributed by atoms with Gasteiger partial charge in [0.05, 0.1) is 0 Å². The molecule has 1 aromatic rings. The molecule has 0 fully saturated rings. The summed E-state index contributed by atoms with van der Waals surface area (Å²) in [4.78, 5) is 12.8. The fourth-order valence-corrected chi connectivity index (χ4v) is 1.76. The molecule has 0 atom stereocenters. The predicted molar refractivity (Wildman–Crippen MR) is 64.6 cm³/mol. The Balaban J connectivity index is 2.97. The molecule has 2 nitrogen and oxygen atoms in total. The van der Waals surface area contributed by atoms with Crippen LogP contribution in [0.5, 0.6) is 0 Å². The highest BCUT2D eigenvalue weighted by Crippen LogP contribution is 2.18. The summed E-state index contributed by atoms with van der Waals surface area (Å²) in [5.41, 5.74) is 1.19. The van der Waals surface area contributed by atoms with Crippen LogP contribution >= 0.6 is 0 Å². The van der Waals surface area contributed by atoms with Gasteiger partial charge in [-0.3, -0.25) is 4.79 Å². The predicted octanol–water partition coefficient (Wildman–Crippen LogP) is 3.26. The van der Waals surface area contributed by atoms with Crippen LogP contribution in [0, 0.1) is 5.82 Å². The molecule has 0 saturated carbocycles. The van der Waals surface area contributed by atoms with E-state index >= 15 is 0 Å². The van der Waals surface area contributed by atoms with Gasteiger partial charge in [-0.2, -0.15) is 0 Å². The zero-order valence-electron chi connectivity index (χ0n) is 9.87. The van der Waals surface area contributed by atoms with Gasteiger partial charge >= 0.3 is 0 Å². The lowest BCUT2D eigenvalue weighted by atomic mass is 10.2. The zero-order chi connectivity index (χ0) is 12.0. The molecule has 0 N–H and O–H groups in total. The normalized spacial score (nSPS) is 10.2. The first kappa shape index (κ1) is 12.7. The molecule has 0 aliphatic heterocycles. The number of carbonyl (C=O) groups is 1. The highest BCUT2D eigenvalue weighted by molar-refractivity contribution is 5.77. The van der Waals surface area contributed by atoms with Gasteiger partial charge in [0, 0.05) is 24.3 Å². The third kappa shape index (κ3) is 3.33. The zero-order valence-corrected chi connectivity index (χ0v) is 9.87. The van der Waals surface area contributed by atoms with Crippen LogP contribution < -0.4 is 4.90 Å². The molecule has 0 bridgehead atoms. The molecule has 0 aliphatic carbocycles. The molecular weight excluding hydrogens is 205 g/mol. The van der Waals surface area contributed by atoms with Crippen LogP contribution in [0.25, 0.3) is 0 Å². The van der Waals surface area contributed by atoms with Crippen molar-refractivity contribution in [2.75, 3.05) is 18.0 Å². The van der Waals surface area contributed by atoms with Gasteiger partial charge in [0.2, 0.25) is 0 Å². The third-order valence-electron chi connectivity index (χ3n) is 2.39. The average molecular weight is 223 g/mol. The number of benzene rings is 1. The number of halogens is 1. The van der Waals surface area contributed by atoms with Crippen LogP contribution in [-0.4, -0.2) is 19.4 Å². The van der Waals surface area contributed by atoms with E-state index in [0.29, 0.717) is 11.8 Å². The van der Waals surface area contributed by atoms with E-state index < -0.39 is 0 Å². The fourth-order valence-electron chi connectivity index (χ4n) is 1.76. The number of carbonyl (C=O) groups excluding carboxylic acids is 1. The molecule has 0 unspecified atom stereocenters. The molecule has 0 aliphatic rings. The van der Waals surface area contributed by atoms with E-state index in [1.54, 1.807) is 6.07 Å². The average Bonchev–Trinajstić information content (AvgIpc) is 2.28. The van der Waals surface area contributed by atoms with Crippen molar-refractivity contribution in [1.82, 2.24) is 0 Å². The van der Waals surface area contributed by atoms with Crippen molar-refractivity contribution in [1.29, 1.82) is 0 Å². The van der Waals surface area contributed by atoms with Crippen molar-refractivity contribution in [3.05, 3.63) is 29.6 Å². The lowest BCUT2D eigenvalue weighted by molar-refractivity contribution is 0.112. The van der Waals surface area contributed by atoms with Gasteiger partial charge in [0.25, 0.3) is 0 Å². The molecule has 0 aromatic heterocycles. The van der Waals surface area contributed by atoms with Crippen LogP contribution in [0.15, 0.2) is 18.2 Å². The first-order valence-corrected chi connectivity index (χ1v) is 5.72. The van der Waals surface area contributed by atoms with Crippen LogP contribution in [-0.2, 0) is 0 Å². The SMILES string of the molecule is CCCN(CCC)c1cc(F)cc(C=O)c1. The molecule has 0 heterocycles. The summed E-state index contributed by atoms with van der Waals surface area (Å²) < 4.78 is 13.3. The first-order chi connectivity index (χ1) is 7.71. The quantitative estimate of drug-likeness (QED) is 0.690. The smallest absolute Gasteiger partial charge is 0.150 e. The Kier molecular flexibility index (Phi) is 4.96. The number of aldehydes is 1. The second-order valence-electron chi connectivity index (χ2n) is 3.85. The molecule has 3 heteroatoms. The second-order valence-corrected chi connectivity index (χ2v) is 3.85. The number of hydrogen-bond acceptors (Lipinski definition) is 2. The Labute approximate surface area is 96.1 Å². The Morgan fingerprint density at radius 3 is 2.31 bits per heavy atom. The van der Waals surface area contributed by atoms with Crippen LogP contribution in [0.4, 0.5) is 10.1 Å². The molecule has 1 rings (SSSR count). The van der Waals surface area contributed by atoms with Gasteiger partial charge < -0.3 is 4.90 Å². The van der Waals surface area contributed by atoms with E-state index in [0.717, 1.165) is 31.6 Å². The maximum atomic E-state index is 13.3. The number of hydrogen-bond donors (Lipinski definition) is 0. The van der Waals surface area contributed by atoms with Crippen molar-refractivity contribution in [3.8, 4) is 0 Å². The van der Waals surface area contributed by atoms with E-state index in [1.807, 2.05) is 0 Å². The molecule has 0 amide bonds. The van der Waals surface area contributed by atoms with Gasteiger partial charge in [0.1, 0.15) is 12.1 Å². The minimum absolute atomic E-state index is 0.350. The van der Waals surface area contributed by atoms with Crippen molar-refractivity contribution >= 4 is 12.0 Å². The number of rotatable bonds is 6. The summed E-state index contributed by atoms with van der Waals surface area (Å²) in [5, 5.41) is 0. The largest absolute Gasteiger partial charge is 0.371 e. The Hall–Kier alpha value is -1.38. The molecule has 0 spiro atoms. The third-order valence-corrected chi connectivity index (χ3v) is 2.39. The summed E-state index contributed by atoms with van der Waals surface area (Å²) in [7, 11) is 0. The summed E-state index contributed by atoms with van der Waals surface area (Å²) in [6, 6.07) is 4.48. The van der Waals surface area contributed by atoms with Crippen molar-refractivity contribution in [2.24, 2.45) is 0 Å². The Morgan fingerprint density at radius 2 is 1.81 bits per heavy atom. The fraction of sp³-hybridized carbons (Fsp3) is 0.462. The van der Waals surface area contributed by atoms with Gasteiger partial charge in [-0.1, -0.05) is 13.8 Å². The number of nitrogens with zero attached hydrogens (tertiary/aromatic N) is 1. The second kappa shape index (κ2) is 6.26. The van der Waals surface area contributed by atoms with Crippen LogP contribution in [0.2, 0.25) is 0 Å². The van der Waals surface area contributed by atoms with E-state index in [9.17, 15) is 9.18 Å². The van der Waals surface area contributed by atoms with E-state index in [1.165, 1.54) is 12.1 Å². The molecule has 88 valence electrons. The van der Waals surface area contributed by atoms with E-state index in [4.69, 9.17) is 0 Å². The van der Waals surface area contributed by atoms with Crippen molar-refractivity contribution in [2.45, 2.75) is 26.7 Å². The minimum Gasteiger partial charge on any atom is -0.371 e. The Bertz CT molecular complexity index is 346. The van der Waals surface area contributed by atoms with Crippen LogP contribution in [0.3, 0.4) is 0 Å². The molecule has 0 saturated heterocycles. The minimum atomic E-state index is -0.350. The van der Waals surface area contributed by atoms with E-state index in [-0.39, 0.29) is 5.82 Å². The summed E-state index contributed by atoms with van der Waals surface area (Å²) in [6.45, 7) is 5.94. The molecule has 0 radical (unpaired) electrons. The highest BCUT2D eigenvalue weighted by atomic mass is 19.1. The van der Waals surface area contributed by atoms with Gasteiger partial charge in [0.15, 0.2) is 0 Å². The Morgan fingerprint density at radius 1 is 1.19 bits per heavy atom. The maximum absolute atomic E-state index is 13.3. The lowest BCUT2D eigenvalue weighted by Gasteiger charge is -2.24. The van der Waals surface area contributed by atoms with Crippen molar-refractivity contribution < 1.29 is 9.18 Å². The number of anilines is 1. The lowest BCUT2D eigenvalue weighted by Crippen LogP contribution is -2.25. The maximum Gasteiger partial charge on any atom is 0.150 e. The summed E-state index contributed by atoms with van der Waals surface area (Å²) in [6.07, 6.45) is 2.70. The van der Waals surface area contributed by atoms with E-state index in [2.05, 4.69) is 18.7 Å². The van der Waals surface area contributed by atoms with Gasteiger partial charge in [-0.25, -0.2) is 4.39 Å². The topological polar surface area (TPSA) is 20.3 Å². The van der Waals surface area contributed by atoms with Gasteiger partial charge in [-0.05, 0) is 31.0 Å². The van der Waals surface area contributed by atoms with Crippen LogP contribution in [0.1, 0.15) is 37.0 Å². The molecule has 16 heavy (non-hydrogen) atoms. The van der Waals surface area contributed by atoms with Crippen molar-refractivity contribution in [3.63, 3.8) is 0 Å². The highest BCUT2D eigenvalue weighted by Gasteiger charge is 2.07. The first-order valence-electron chi connectivity index (χ1n) is 5.72. The summed E-state index contributed by atoms with van der Waals surface area (Å²) in [5.74, 6) is -0.350.